The summed E-state index contributed by atoms with van der Waals surface area (Å²) in [5, 5.41) is 58.8. The van der Waals surface area contributed by atoms with Gasteiger partial charge >= 0.3 is 0 Å². The van der Waals surface area contributed by atoms with Crippen molar-refractivity contribution >= 4 is 11.8 Å². The zero-order valence-electron chi connectivity index (χ0n) is 26.6. The minimum atomic E-state index is -1.05. The molecule has 48 heavy (non-hydrogen) atoms. The molecule has 0 fully saturated rings. The third-order valence-electron chi connectivity index (χ3n) is 9.70. The number of aromatic hydroxyl groups is 2. The Morgan fingerprint density at radius 1 is 0.604 bits per heavy atom. The van der Waals surface area contributed by atoms with E-state index in [1.807, 2.05) is 48.5 Å². The Morgan fingerprint density at radius 3 is 1.38 bits per heavy atom. The first-order valence-corrected chi connectivity index (χ1v) is 16.5. The molecule has 6 atom stereocenters. The molecule has 9 nitrogen and oxygen atoms in total. The summed E-state index contributed by atoms with van der Waals surface area (Å²) in [5.41, 5.74) is 5.26. The number of benzene rings is 4. The third-order valence-corrected chi connectivity index (χ3v) is 9.70. The fourth-order valence-corrected chi connectivity index (χ4v) is 7.19. The van der Waals surface area contributed by atoms with E-state index in [0.717, 1.165) is 33.4 Å². The number of carbonyl (C=O) groups excluding carboxylic acids is 2. The number of fused-ring (bicyclic) bond motifs is 2. The minimum Gasteiger partial charge on any atom is -0.508 e. The molecular formula is C39H42N2O7. The van der Waals surface area contributed by atoms with Crippen LogP contribution in [0, 0.1) is 11.8 Å². The van der Waals surface area contributed by atoms with Crippen LogP contribution in [-0.2, 0) is 35.3 Å². The smallest absolute Gasteiger partial charge is 0.224 e. The molecule has 6 rings (SSSR count). The second-order valence-corrected chi connectivity index (χ2v) is 13.2. The number of carbonyl (C=O) groups is 2. The Balaban J connectivity index is 1.20. The van der Waals surface area contributed by atoms with Crippen LogP contribution in [0.5, 0.6) is 11.5 Å². The molecule has 2 amide bonds. The normalized spacial score (nSPS) is 21.5. The van der Waals surface area contributed by atoms with Crippen molar-refractivity contribution in [3.8, 4) is 11.5 Å². The zero-order chi connectivity index (χ0) is 33.8. The van der Waals surface area contributed by atoms with Crippen molar-refractivity contribution in [2.75, 3.05) is 0 Å². The van der Waals surface area contributed by atoms with E-state index < -0.39 is 42.2 Å². The van der Waals surface area contributed by atoms with E-state index in [4.69, 9.17) is 0 Å². The zero-order valence-corrected chi connectivity index (χ0v) is 26.6. The largest absolute Gasteiger partial charge is 0.508 e. The third kappa shape index (κ3) is 7.71. The highest BCUT2D eigenvalue weighted by Gasteiger charge is 2.36. The highest BCUT2D eigenvalue weighted by atomic mass is 16.3. The Bertz CT molecular complexity index is 1600. The van der Waals surface area contributed by atoms with Gasteiger partial charge in [0.05, 0.1) is 30.4 Å². The number of amides is 2. The maximum Gasteiger partial charge on any atom is 0.224 e. The van der Waals surface area contributed by atoms with E-state index >= 15 is 0 Å². The topological polar surface area (TPSA) is 159 Å². The van der Waals surface area contributed by atoms with Crippen LogP contribution in [0.15, 0.2) is 97.1 Å². The molecule has 0 saturated carbocycles. The Hall–Kier alpha value is -4.70. The molecule has 0 radical (unpaired) electrons. The minimum absolute atomic E-state index is 0.0470. The van der Waals surface area contributed by atoms with Gasteiger partial charge in [-0.15, -0.1) is 0 Å². The molecule has 2 aliphatic rings. The van der Waals surface area contributed by atoms with Crippen molar-refractivity contribution in [3.05, 3.63) is 130 Å². The second-order valence-electron chi connectivity index (χ2n) is 13.2. The molecule has 9 heteroatoms. The molecule has 2 unspecified atom stereocenters. The van der Waals surface area contributed by atoms with Gasteiger partial charge in [0.1, 0.15) is 11.5 Å². The van der Waals surface area contributed by atoms with Gasteiger partial charge in [-0.2, -0.15) is 0 Å². The molecule has 0 spiro atoms. The van der Waals surface area contributed by atoms with Gasteiger partial charge in [0.15, 0.2) is 0 Å². The first kappa shape index (κ1) is 33.2. The number of phenolic OH excluding ortho intramolecular Hbond substituents is 2. The van der Waals surface area contributed by atoms with Gasteiger partial charge < -0.3 is 36.2 Å². The molecule has 0 aliphatic heterocycles. The summed E-state index contributed by atoms with van der Waals surface area (Å²) in [7, 11) is 0. The predicted molar refractivity (Wildman–Crippen MR) is 180 cm³/mol. The lowest BCUT2D eigenvalue weighted by Crippen LogP contribution is -2.41. The van der Waals surface area contributed by atoms with Crippen LogP contribution in [0.1, 0.15) is 58.3 Å². The van der Waals surface area contributed by atoms with Crippen LogP contribution in [-0.4, -0.2) is 55.7 Å². The lowest BCUT2D eigenvalue weighted by molar-refractivity contribution is -0.128. The Kier molecular flexibility index (Phi) is 10.1. The van der Waals surface area contributed by atoms with Gasteiger partial charge in [0.2, 0.25) is 11.8 Å². The van der Waals surface area contributed by atoms with Crippen LogP contribution >= 0.6 is 0 Å². The maximum atomic E-state index is 13.9. The summed E-state index contributed by atoms with van der Waals surface area (Å²) >= 11 is 0. The van der Waals surface area contributed by atoms with Gasteiger partial charge in [-0.1, -0.05) is 72.8 Å². The lowest BCUT2D eigenvalue weighted by Gasteiger charge is -2.27. The van der Waals surface area contributed by atoms with Gasteiger partial charge in [0, 0.05) is 24.7 Å². The molecule has 4 aromatic carbocycles. The monoisotopic (exact) mass is 650 g/mol. The van der Waals surface area contributed by atoms with Crippen molar-refractivity contribution in [1.29, 1.82) is 0 Å². The van der Waals surface area contributed by atoms with Crippen molar-refractivity contribution < 1.29 is 35.1 Å². The van der Waals surface area contributed by atoms with Crippen molar-refractivity contribution in [3.63, 3.8) is 0 Å². The van der Waals surface area contributed by atoms with Crippen LogP contribution in [0.3, 0.4) is 0 Å². The predicted octanol–water partition coefficient (Wildman–Crippen LogP) is 3.81. The number of hydrogen-bond acceptors (Lipinski definition) is 7. The van der Waals surface area contributed by atoms with E-state index in [2.05, 4.69) is 10.6 Å². The van der Waals surface area contributed by atoms with Gasteiger partial charge in [-0.25, -0.2) is 0 Å². The first-order valence-electron chi connectivity index (χ1n) is 16.5. The van der Waals surface area contributed by atoms with Gasteiger partial charge in [-0.3, -0.25) is 9.59 Å². The van der Waals surface area contributed by atoms with Crippen LogP contribution < -0.4 is 10.6 Å². The number of aliphatic hydroxyl groups is 3. The summed E-state index contributed by atoms with van der Waals surface area (Å²) in [6.45, 7) is 0. The van der Waals surface area contributed by atoms with Gasteiger partial charge in [0.25, 0.3) is 0 Å². The van der Waals surface area contributed by atoms with E-state index in [0.29, 0.717) is 12.8 Å². The van der Waals surface area contributed by atoms with Crippen LogP contribution in [0.2, 0.25) is 0 Å². The fourth-order valence-electron chi connectivity index (χ4n) is 7.19. The van der Waals surface area contributed by atoms with Crippen LogP contribution in [0.25, 0.3) is 0 Å². The Labute approximate surface area is 279 Å². The Morgan fingerprint density at radius 2 is 0.979 bits per heavy atom. The lowest BCUT2D eigenvalue weighted by atomic mass is 9.86. The molecule has 0 bridgehead atoms. The summed E-state index contributed by atoms with van der Waals surface area (Å²) in [6.07, 6.45) is -1.11. The van der Waals surface area contributed by atoms with Crippen molar-refractivity contribution in [2.45, 2.75) is 68.9 Å². The molecule has 0 saturated heterocycles. The van der Waals surface area contributed by atoms with Crippen molar-refractivity contribution in [1.82, 2.24) is 10.6 Å². The summed E-state index contributed by atoms with van der Waals surface area (Å²) in [5.74, 6) is -1.86. The highest BCUT2D eigenvalue weighted by Crippen LogP contribution is 2.34. The molecule has 0 aromatic heterocycles. The average Bonchev–Trinajstić information content (AvgIpc) is 3.56. The summed E-state index contributed by atoms with van der Waals surface area (Å²) < 4.78 is 0. The van der Waals surface area contributed by atoms with Crippen molar-refractivity contribution in [2.24, 2.45) is 11.8 Å². The fraction of sp³-hybridized carbons (Fsp3) is 0.333. The van der Waals surface area contributed by atoms with E-state index in [1.54, 1.807) is 48.5 Å². The maximum absolute atomic E-state index is 13.9. The molecular weight excluding hydrogens is 608 g/mol. The molecule has 2 aliphatic carbocycles. The summed E-state index contributed by atoms with van der Waals surface area (Å²) in [6, 6.07) is 27.1. The van der Waals surface area contributed by atoms with E-state index in [-0.39, 0.29) is 49.0 Å². The first-order chi connectivity index (χ1) is 23.1. The van der Waals surface area contributed by atoms with E-state index in [9.17, 15) is 35.1 Å². The molecule has 250 valence electrons. The second kappa shape index (κ2) is 14.6. The van der Waals surface area contributed by atoms with Gasteiger partial charge in [-0.05, 0) is 83.3 Å². The molecule has 4 aromatic rings. The molecule has 7 N–H and O–H groups in total. The quantitative estimate of drug-likeness (QED) is 0.123. The van der Waals surface area contributed by atoms with E-state index in [1.165, 1.54) is 0 Å². The highest BCUT2D eigenvalue weighted by molar-refractivity contribution is 5.81. The standard InChI is InChI=1S/C39H42N2O7/c42-29-13-9-23(10-14-29)17-27(38(47)40-36-32-7-3-1-5-25(32)21-34(36)45)19-31(44)20-28(18-24-11-15-30(43)16-12-24)39(48)41-37-33-8-4-2-6-26(33)22-35(37)46/h1-16,27-28,31,34-37,42-46H,17-22H2,(H,40,47)(H,41,48)/t27?,28?,31?,34-,35-,36-,37-/m0/s1. The number of nitrogens with one attached hydrogen (secondary N) is 2. The SMILES string of the molecule is O=C(N[C@H]1c2ccccc2C[C@@H]1O)C(Cc1ccc(O)cc1)CC(O)CC(Cc1ccc(O)cc1)C(=O)N[C@H]1c2ccccc2C[C@@H]1O. The number of phenols is 2. The number of aliphatic hydroxyl groups excluding tert-OH is 3. The number of hydrogen-bond donors (Lipinski definition) is 7. The van der Waals surface area contributed by atoms with Crippen LogP contribution in [0.4, 0.5) is 0 Å². The molecule has 0 heterocycles. The summed E-state index contributed by atoms with van der Waals surface area (Å²) in [4.78, 5) is 27.7. The number of rotatable bonds is 12. The average molecular weight is 651 g/mol.